The van der Waals surface area contributed by atoms with Crippen molar-refractivity contribution >= 4 is 0 Å². The van der Waals surface area contributed by atoms with Gasteiger partial charge >= 0.3 is 0 Å². The first-order valence-electron chi connectivity index (χ1n) is 11.3. The van der Waals surface area contributed by atoms with E-state index in [1.807, 2.05) is 0 Å². The van der Waals surface area contributed by atoms with Crippen LogP contribution in [0.1, 0.15) is 143 Å². The minimum absolute atomic E-state index is 1.04. The molecule has 0 heteroatoms. The zero-order valence-corrected chi connectivity index (χ0v) is 17.0. The van der Waals surface area contributed by atoms with Crippen molar-refractivity contribution in [3.63, 3.8) is 0 Å². The average molecular weight is 325 g/mol. The van der Waals surface area contributed by atoms with Crippen molar-refractivity contribution in [3.05, 3.63) is 0 Å². The van der Waals surface area contributed by atoms with Crippen molar-refractivity contribution in [1.82, 2.24) is 0 Å². The van der Waals surface area contributed by atoms with Crippen LogP contribution in [0.15, 0.2) is 0 Å². The summed E-state index contributed by atoms with van der Waals surface area (Å²) < 4.78 is 0. The summed E-state index contributed by atoms with van der Waals surface area (Å²) in [5.74, 6) is 1.04. The molecule has 0 fully saturated rings. The lowest BCUT2D eigenvalue weighted by molar-refractivity contribution is 0.368. The lowest BCUT2D eigenvalue weighted by Gasteiger charge is -2.17. The molecule has 0 bridgehead atoms. The molecule has 0 aliphatic heterocycles. The summed E-state index contributed by atoms with van der Waals surface area (Å²) in [6.07, 6.45) is 27.8. The second kappa shape index (κ2) is 20.0. The number of hydrogen-bond acceptors (Lipinski definition) is 0. The van der Waals surface area contributed by atoms with Crippen molar-refractivity contribution in [1.29, 1.82) is 0 Å². The van der Waals surface area contributed by atoms with Crippen LogP contribution in [0.5, 0.6) is 0 Å². The highest BCUT2D eigenvalue weighted by Gasteiger charge is 2.08. The van der Waals surface area contributed by atoms with Gasteiger partial charge in [0.2, 0.25) is 0 Å². The van der Waals surface area contributed by atoms with Crippen LogP contribution >= 0.6 is 0 Å². The van der Waals surface area contributed by atoms with Crippen molar-refractivity contribution in [3.8, 4) is 0 Å². The summed E-state index contributed by atoms with van der Waals surface area (Å²) in [6.45, 7) is 6.95. The highest BCUT2D eigenvalue weighted by atomic mass is 14.1. The van der Waals surface area contributed by atoms with Crippen LogP contribution in [0, 0.1) is 5.92 Å². The van der Waals surface area contributed by atoms with Gasteiger partial charge in [-0.1, -0.05) is 143 Å². The van der Waals surface area contributed by atoms with Gasteiger partial charge in [-0.25, -0.2) is 0 Å². The van der Waals surface area contributed by atoms with Gasteiger partial charge in [-0.15, -0.1) is 0 Å². The lowest BCUT2D eigenvalue weighted by Crippen LogP contribution is -2.01. The molecule has 0 spiro atoms. The molecule has 0 saturated heterocycles. The molecule has 0 nitrogen and oxygen atoms in total. The molecular weight excluding hydrogens is 276 g/mol. The van der Waals surface area contributed by atoms with Crippen LogP contribution in [-0.2, 0) is 0 Å². The van der Waals surface area contributed by atoms with Gasteiger partial charge in [-0.3, -0.25) is 0 Å². The van der Waals surface area contributed by atoms with Crippen molar-refractivity contribution in [2.24, 2.45) is 5.92 Å². The van der Waals surface area contributed by atoms with E-state index in [0.29, 0.717) is 0 Å². The molecule has 0 aromatic rings. The summed E-state index contributed by atoms with van der Waals surface area (Å²) in [5.41, 5.74) is 0. The predicted octanol–water partition coefficient (Wildman–Crippen LogP) is 9.07. The molecule has 0 saturated carbocycles. The van der Waals surface area contributed by atoms with Crippen LogP contribution < -0.4 is 0 Å². The number of hydrogen-bond donors (Lipinski definition) is 0. The third-order valence-electron chi connectivity index (χ3n) is 5.40. The van der Waals surface area contributed by atoms with Crippen LogP contribution in [-0.4, -0.2) is 0 Å². The molecule has 1 atom stereocenters. The Kier molecular flexibility index (Phi) is 20.0. The van der Waals surface area contributed by atoms with Crippen molar-refractivity contribution < 1.29 is 0 Å². The number of unbranched alkanes of at least 4 members (excludes halogenated alkanes) is 13. The largest absolute Gasteiger partial charge is 0.0654 e. The molecule has 0 aliphatic rings. The minimum Gasteiger partial charge on any atom is -0.0654 e. The fourth-order valence-electron chi connectivity index (χ4n) is 3.72. The Hall–Kier alpha value is 0. The number of rotatable bonds is 19. The molecule has 0 aromatic heterocycles. The second-order valence-corrected chi connectivity index (χ2v) is 7.83. The molecule has 1 unspecified atom stereocenters. The Morgan fingerprint density at radius 2 is 0.609 bits per heavy atom. The summed E-state index contributed by atoms with van der Waals surface area (Å²) >= 11 is 0. The molecule has 0 aromatic carbocycles. The highest BCUT2D eigenvalue weighted by molar-refractivity contribution is 4.61. The van der Waals surface area contributed by atoms with Crippen LogP contribution in [0.2, 0.25) is 0 Å². The quantitative estimate of drug-likeness (QED) is 0.208. The Bertz CT molecular complexity index is 196. The van der Waals surface area contributed by atoms with Crippen LogP contribution in [0.25, 0.3) is 0 Å². The molecule has 0 aliphatic carbocycles. The summed E-state index contributed by atoms with van der Waals surface area (Å²) in [6, 6.07) is 0. The molecule has 140 valence electrons. The fraction of sp³-hybridized carbons (Fsp3) is 1.00. The van der Waals surface area contributed by atoms with Gasteiger partial charge in [0.25, 0.3) is 0 Å². The predicted molar refractivity (Wildman–Crippen MR) is 108 cm³/mol. The summed E-state index contributed by atoms with van der Waals surface area (Å²) in [7, 11) is 0. The summed E-state index contributed by atoms with van der Waals surface area (Å²) in [4.78, 5) is 0. The van der Waals surface area contributed by atoms with Gasteiger partial charge in [-0.05, 0) is 5.92 Å². The van der Waals surface area contributed by atoms with Gasteiger partial charge in [0.15, 0.2) is 0 Å². The third kappa shape index (κ3) is 18.2. The standard InChI is InChI=1S/C23H48/c1-4-7-10-12-13-14-16-19-22-23(20-17-9-6-3)21-18-15-11-8-5-2/h23H,4-22H2,1-3H3. The van der Waals surface area contributed by atoms with Gasteiger partial charge in [0.1, 0.15) is 0 Å². The van der Waals surface area contributed by atoms with Gasteiger partial charge in [-0.2, -0.15) is 0 Å². The maximum atomic E-state index is 2.33. The van der Waals surface area contributed by atoms with E-state index in [2.05, 4.69) is 20.8 Å². The topological polar surface area (TPSA) is 0 Å². The maximum absolute atomic E-state index is 2.33. The highest BCUT2D eigenvalue weighted by Crippen LogP contribution is 2.24. The maximum Gasteiger partial charge on any atom is -0.0414 e. The first-order valence-corrected chi connectivity index (χ1v) is 11.3. The first kappa shape index (κ1) is 23.0. The molecule has 23 heavy (non-hydrogen) atoms. The molecule has 0 rings (SSSR count). The van der Waals surface area contributed by atoms with E-state index in [1.54, 1.807) is 0 Å². The zero-order valence-electron chi connectivity index (χ0n) is 17.0. The van der Waals surface area contributed by atoms with Crippen molar-refractivity contribution in [2.45, 2.75) is 143 Å². The van der Waals surface area contributed by atoms with Crippen LogP contribution in [0.4, 0.5) is 0 Å². The molecule has 0 heterocycles. The average Bonchev–Trinajstić information content (AvgIpc) is 2.56. The third-order valence-corrected chi connectivity index (χ3v) is 5.40. The van der Waals surface area contributed by atoms with E-state index in [-0.39, 0.29) is 0 Å². The molecular formula is C23H48. The van der Waals surface area contributed by atoms with E-state index < -0.39 is 0 Å². The molecule has 0 amide bonds. The first-order chi connectivity index (χ1) is 11.3. The Balaban J connectivity index is 3.61. The normalized spacial score (nSPS) is 12.7. The monoisotopic (exact) mass is 324 g/mol. The Morgan fingerprint density at radius 1 is 0.348 bits per heavy atom. The van der Waals surface area contributed by atoms with Gasteiger partial charge < -0.3 is 0 Å². The smallest absolute Gasteiger partial charge is 0.0414 e. The summed E-state index contributed by atoms with van der Waals surface area (Å²) in [5, 5.41) is 0. The molecule has 0 N–H and O–H groups in total. The Labute approximate surface area is 149 Å². The zero-order chi connectivity index (χ0) is 17.0. The minimum atomic E-state index is 1.04. The van der Waals surface area contributed by atoms with E-state index in [4.69, 9.17) is 0 Å². The second-order valence-electron chi connectivity index (χ2n) is 7.83. The van der Waals surface area contributed by atoms with E-state index in [0.717, 1.165) is 5.92 Å². The lowest BCUT2D eigenvalue weighted by atomic mass is 9.89. The SMILES string of the molecule is CCCCCCCCCCC(CCCCC)CCCCCCC. The van der Waals surface area contributed by atoms with Crippen LogP contribution in [0.3, 0.4) is 0 Å². The van der Waals surface area contributed by atoms with Gasteiger partial charge in [0, 0.05) is 0 Å². The Morgan fingerprint density at radius 3 is 1.00 bits per heavy atom. The fourth-order valence-corrected chi connectivity index (χ4v) is 3.72. The van der Waals surface area contributed by atoms with E-state index >= 15 is 0 Å². The van der Waals surface area contributed by atoms with Gasteiger partial charge in [0.05, 0.1) is 0 Å². The van der Waals surface area contributed by atoms with Crippen molar-refractivity contribution in [2.75, 3.05) is 0 Å². The van der Waals surface area contributed by atoms with E-state index in [1.165, 1.54) is 122 Å². The van der Waals surface area contributed by atoms with E-state index in [9.17, 15) is 0 Å². The molecule has 0 radical (unpaired) electrons.